The number of hydrogen-bond acceptors (Lipinski definition) is 0. The molecule has 0 N–H and O–H groups in total. The fraction of sp³-hybridized carbons (Fsp3) is 0.857. The lowest BCUT2D eigenvalue weighted by Crippen LogP contribution is -2.20. The minimum atomic E-state index is 0.921. The second kappa shape index (κ2) is 1.85. The van der Waals surface area contributed by atoms with Crippen molar-refractivity contribution in [2.75, 3.05) is 0 Å². The van der Waals surface area contributed by atoms with E-state index in [1.165, 1.54) is 12.8 Å². The first-order valence-electron chi connectivity index (χ1n) is 3.18. The zero-order chi connectivity index (χ0) is 5.28. The minimum absolute atomic E-state index is 0.921. The van der Waals surface area contributed by atoms with Gasteiger partial charge < -0.3 is 0 Å². The maximum absolute atomic E-state index is 2.44. The molecule has 1 fully saturated rings. The molecule has 0 saturated heterocycles. The maximum atomic E-state index is 2.44. The summed E-state index contributed by atoms with van der Waals surface area (Å²) in [6, 6.07) is 0. The fourth-order valence-corrected chi connectivity index (χ4v) is 1.21. The van der Waals surface area contributed by atoms with Crippen molar-refractivity contribution in [3.63, 3.8) is 0 Å². The topological polar surface area (TPSA) is 0 Å². The summed E-state index contributed by atoms with van der Waals surface area (Å²) in [6.45, 7) is 4.54. The smallest absolute Gasteiger partial charge is 0.0326 e. The van der Waals surface area contributed by atoms with Gasteiger partial charge in [0.1, 0.15) is 0 Å². The van der Waals surface area contributed by atoms with Crippen LogP contribution in [-0.4, -0.2) is 0 Å². The summed E-state index contributed by atoms with van der Waals surface area (Å²) in [4.78, 5) is 0. The SMILES string of the molecule is CCC1[CH]C(C)C1. The van der Waals surface area contributed by atoms with Gasteiger partial charge in [-0.05, 0) is 24.7 Å². The highest BCUT2D eigenvalue weighted by molar-refractivity contribution is 4.92. The molecule has 0 aromatic heterocycles. The molecular formula is C7H13. The third-order valence-electron chi connectivity index (χ3n) is 1.80. The van der Waals surface area contributed by atoms with E-state index in [1.807, 2.05) is 0 Å². The van der Waals surface area contributed by atoms with Gasteiger partial charge in [0.2, 0.25) is 0 Å². The third kappa shape index (κ3) is 0.960. The average molecular weight is 97.2 g/mol. The molecule has 0 heteroatoms. The summed E-state index contributed by atoms with van der Waals surface area (Å²) in [5.74, 6) is 1.89. The normalized spacial score (nSPS) is 40.3. The van der Waals surface area contributed by atoms with Crippen molar-refractivity contribution in [2.45, 2.75) is 26.7 Å². The Morgan fingerprint density at radius 3 is 2.43 bits per heavy atom. The van der Waals surface area contributed by atoms with Gasteiger partial charge in [-0.3, -0.25) is 0 Å². The Morgan fingerprint density at radius 2 is 2.29 bits per heavy atom. The summed E-state index contributed by atoms with van der Waals surface area (Å²) < 4.78 is 0. The molecule has 0 spiro atoms. The van der Waals surface area contributed by atoms with Crippen LogP contribution in [0.3, 0.4) is 0 Å². The van der Waals surface area contributed by atoms with Crippen LogP contribution in [0.25, 0.3) is 0 Å². The van der Waals surface area contributed by atoms with Gasteiger partial charge in [-0.2, -0.15) is 0 Å². The first-order valence-corrected chi connectivity index (χ1v) is 3.18. The monoisotopic (exact) mass is 97.1 g/mol. The van der Waals surface area contributed by atoms with Crippen LogP contribution >= 0.6 is 0 Å². The molecule has 1 rings (SSSR count). The standard InChI is InChI=1S/C7H13/c1-3-7-4-6(2)5-7/h4,6-7H,3,5H2,1-2H3. The third-order valence-corrected chi connectivity index (χ3v) is 1.80. The molecule has 2 atom stereocenters. The molecule has 7 heavy (non-hydrogen) atoms. The molecule has 1 saturated carbocycles. The van der Waals surface area contributed by atoms with Gasteiger partial charge in [0.05, 0.1) is 0 Å². The van der Waals surface area contributed by atoms with Gasteiger partial charge in [-0.1, -0.05) is 20.3 Å². The molecule has 1 radical (unpaired) electrons. The van der Waals surface area contributed by atoms with Gasteiger partial charge in [0.15, 0.2) is 0 Å². The van der Waals surface area contributed by atoms with Crippen molar-refractivity contribution >= 4 is 0 Å². The summed E-state index contributed by atoms with van der Waals surface area (Å²) in [7, 11) is 0. The van der Waals surface area contributed by atoms with E-state index in [1.54, 1.807) is 0 Å². The Kier molecular flexibility index (Phi) is 1.36. The van der Waals surface area contributed by atoms with Gasteiger partial charge in [-0.25, -0.2) is 0 Å². The Morgan fingerprint density at radius 1 is 1.71 bits per heavy atom. The Labute approximate surface area is 45.9 Å². The van der Waals surface area contributed by atoms with Crippen LogP contribution in [0.5, 0.6) is 0 Å². The van der Waals surface area contributed by atoms with Crippen LogP contribution in [0, 0.1) is 18.3 Å². The molecule has 0 aliphatic heterocycles. The Balaban J connectivity index is 2.06. The van der Waals surface area contributed by atoms with Gasteiger partial charge >= 0.3 is 0 Å². The average Bonchev–Trinajstić information content (AvgIpc) is 1.58. The molecule has 0 amide bonds. The quantitative estimate of drug-likeness (QED) is 0.470. The molecule has 0 heterocycles. The summed E-state index contributed by atoms with van der Waals surface area (Å²) in [6.07, 6.45) is 5.24. The molecule has 0 aromatic carbocycles. The summed E-state index contributed by atoms with van der Waals surface area (Å²) in [5, 5.41) is 0. The predicted octanol–water partition coefficient (Wildman–Crippen LogP) is 2.26. The zero-order valence-corrected chi connectivity index (χ0v) is 5.15. The highest BCUT2D eigenvalue weighted by Gasteiger charge is 2.22. The maximum Gasteiger partial charge on any atom is -0.0326 e. The van der Waals surface area contributed by atoms with E-state index in [0.717, 1.165) is 11.8 Å². The van der Waals surface area contributed by atoms with Crippen LogP contribution in [0.4, 0.5) is 0 Å². The van der Waals surface area contributed by atoms with E-state index < -0.39 is 0 Å². The largest absolute Gasteiger partial charge is 0.0651 e. The number of hydrogen-bond donors (Lipinski definition) is 0. The molecule has 1 aliphatic rings. The van der Waals surface area contributed by atoms with E-state index in [-0.39, 0.29) is 0 Å². The fourth-order valence-electron chi connectivity index (χ4n) is 1.21. The Bertz CT molecular complexity index is 51.1. The van der Waals surface area contributed by atoms with E-state index in [9.17, 15) is 0 Å². The molecule has 0 bridgehead atoms. The first-order chi connectivity index (χ1) is 3.33. The van der Waals surface area contributed by atoms with Gasteiger partial charge in [-0.15, -0.1) is 0 Å². The lowest BCUT2D eigenvalue weighted by molar-refractivity contribution is 0.317. The molecule has 41 valence electrons. The molecule has 2 unspecified atom stereocenters. The van der Waals surface area contributed by atoms with E-state index in [4.69, 9.17) is 0 Å². The van der Waals surface area contributed by atoms with Crippen molar-refractivity contribution in [3.8, 4) is 0 Å². The highest BCUT2D eigenvalue weighted by atomic mass is 14.3. The van der Waals surface area contributed by atoms with Crippen molar-refractivity contribution in [1.82, 2.24) is 0 Å². The van der Waals surface area contributed by atoms with Crippen LogP contribution in [0.2, 0.25) is 0 Å². The summed E-state index contributed by atoms with van der Waals surface area (Å²) in [5.41, 5.74) is 0. The highest BCUT2D eigenvalue weighted by Crippen LogP contribution is 2.33. The van der Waals surface area contributed by atoms with E-state index in [0.29, 0.717) is 0 Å². The molecule has 1 aliphatic carbocycles. The van der Waals surface area contributed by atoms with Crippen LogP contribution in [-0.2, 0) is 0 Å². The van der Waals surface area contributed by atoms with Crippen molar-refractivity contribution in [3.05, 3.63) is 6.42 Å². The van der Waals surface area contributed by atoms with Crippen LogP contribution in [0.1, 0.15) is 26.7 Å². The number of rotatable bonds is 1. The van der Waals surface area contributed by atoms with E-state index in [2.05, 4.69) is 20.3 Å². The van der Waals surface area contributed by atoms with Gasteiger partial charge in [0, 0.05) is 0 Å². The van der Waals surface area contributed by atoms with Crippen LogP contribution in [0.15, 0.2) is 0 Å². The van der Waals surface area contributed by atoms with Crippen molar-refractivity contribution in [2.24, 2.45) is 11.8 Å². The zero-order valence-electron chi connectivity index (χ0n) is 5.15. The lowest BCUT2D eigenvalue weighted by atomic mass is 9.75. The minimum Gasteiger partial charge on any atom is -0.0651 e. The molecular weight excluding hydrogens is 84.1 g/mol. The first kappa shape index (κ1) is 5.14. The van der Waals surface area contributed by atoms with Crippen LogP contribution < -0.4 is 0 Å². The second-order valence-electron chi connectivity index (χ2n) is 2.57. The molecule has 0 nitrogen and oxygen atoms in total. The second-order valence-corrected chi connectivity index (χ2v) is 2.57. The lowest BCUT2D eigenvalue weighted by Gasteiger charge is -2.30. The molecule has 0 aromatic rings. The Hall–Kier alpha value is 0. The van der Waals surface area contributed by atoms with Gasteiger partial charge in [0.25, 0.3) is 0 Å². The van der Waals surface area contributed by atoms with Crippen molar-refractivity contribution < 1.29 is 0 Å². The van der Waals surface area contributed by atoms with Crippen molar-refractivity contribution in [1.29, 1.82) is 0 Å². The predicted molar refractivity (Wildman–Crippen MR) is 31.9 cm³/mol. The van der Waals surface area contributed by atoms with E-state index >= 15 is 0 Å². The summed E-state index contributed by atoms with van der Waals surface area (Å²) >= 11 is 0.